The van der Waals surface area contributed by atoms with E-state index < -0.39 is 0 Å². The summed E-state index contributed by atoms with van der Waals surface area (Å²) in [6.07, 6.45) is 9.91. The number of carbonyl (C=O) groups excluding carboxylic acids is 1. The molecule has 2 aliphatic rings. The molecular weight excluding hydrogens is 570 g/mol. The van der Waals surface area contributed by atoms with E-state index in [4.69, 9.17) is 0 Å². The van der Waals surface area contributed by atoms with Gasteiger partial charge < -0.3 is 20.1 Å². The van der Waals surface area contributed by atoms with E-state index in [2.05, 4.69) is 83.3 Å². The molecule has 46 heavy (non-hydrogen) atoms. The minimum absolute atomic E-state index is 0.144. The maximum absolute atomic E-state index is 13.9. The molecule has 1 aromatic heterocycles. The molecule has 1 saturated carbocycles. The Bertz CT molecular complexity index is 1530. The van der Waals surface area contributed by atoms with Crippen LogP contribution in [-0.4, -0.2) is 66.5 Å². The first-order chi connectivity index (χ1) is 22.1. The summed E-state index contributed by atoms with van der Waals surface area (Å²) in [6.45, 7) is 12.5. The number of benzene rings is 2. The number of aryl methyl sites for hydroxylation is 2. The van der Waals surface area contributed by atoms with Crippen LogP contribution in [0, 0.1) is 20.8 Å². The van der Waals surface area contributed by atoms with Gasteiger partial charge in [-0.15, -0.1) is 0 Å². The van der Waals surface area contributed by atoms with Gasteiger partial charge in [0.2, 0.25) is 0 Å². The molecule has 1 aliphatic carbocycles. The van der Waals surface area contributed by atoms with Crippen LogP contribution in [0.1, 0.15) is 96.6 Å². The fraction of sp³-hybridized carbons (Fsp3) is 0.538. The number of likely N-dealkylation sites (tertiary alicyclic amines) is 1. The van der Waals surface area contributed by atoms with E-state index in [1.54, 1.807) is 0 Å². The van der Waals surface area contributed by atoms with Crippen molar-refractivity contribution in [3.63, 3.8) is 0 Å². The van der Waals surface area contributed by atoms with Gasteiger partial charge in [0.05, 0.1) is 0 Å². The van der Waals surface area contributed by atoms with Gasteiger partial charge in [-0.1, -0.05) is 37.1 Å². The van der Waals surface area contributed by atoms with Crippen molar-refractivity contribution >= 4 is 11.6 Å². The van der Waals surface area contributed by atoms with Gasteiger partial charge in [0.1, 0.15) is 0 Å². The van der Waals surface area contributed by atoms with Gasteiger partial charge >= 0.3 is 0 Å². The van der Waals surface area contributed by atoms with Crippen LogP contribution in [0.4, 0.5) is 5.69 Å². The number of rotatable bonds is 10. The van der Waals surface area contributed by atoms with Gasteiger partial charge in [-0.05, 0) is 139 Å². The highest BCUT2D eigenvalue weighted by Gasteiger charge is 2.28. The molecule has 2 aromatic carbocycles. The van der Waals surface area contributed by atoms with Crippen LogP contribution in [0.3, 0.4) is 0 Å². The molecule has 0 atom stereocenters. The summed E-state index contributed by atoms with van der Waals surface area (Å²) in [5.41, 5.74) is 8.47. The molecule has 248 valence electrons. The summed E-state index contributed by atoms with van der Waals surface area (Å²) in [4.78, 5) is 37.0. The average Bonchev–Trinajstić information content (AvgIpc) is 3.31. The van der Waals surface area contributed by atoms with E-state index in [1.165, 1.54) is 57.2 Å². The number of nitrogens with one attached hydrogen (secondary N) is 2. The highest BCUT2D eigenvalue weighted by molar-refractivity contribution is 5.99. The number of hydrogen-bond acceptors (Lipinski definition) is 5. The SMILES string of the molecule is CCN(c1cc(-c2ccc(CN3CCCCCC3)cc2)cc(C(=O)NCc2c(C)cc(C)[nH]c2=O)c1C)C1CCC(N(C)C)CC1. The molecule has 7 nitrogen and oxygen atoms in total. The van der Waals surface area contributed by atoms with E-state index in [1.807, 2.05) is 26.0 Å². The third kappa shape index (κ3) is 8.10. The summed E-state index contributed by atoms with van der Waals surface area (Å²) in [5, 5.41) is 3.09. The van der Waals surface area contributed by atoms with Gasteiger partial charge in [-0.2, -0.15) is 0 Å². The summed E-state index contributed by atoms with van der Waals surface area (Å²) in [5.74, 6) is -0.148. The van der Waals surface area contributed by atoms with Gasteiger partial charge in [-0.3, -0.25) is 14.5 Å². The van der Waals surface area contributed by atoms with E-state index in [0.29, 0.717) is 23.2 Å². The molecule has 5 rings (SSSR count). The highest BCUT2D eigenvalue weighted by atomic mass is 16.1. The lowest BCUT2D eigenvalue weighted by Gasteiger charge is -2.40. The van der Waals surface area contributed by atoms with Crippen LogP contribution in [0.15, 0.2) is 47.3 Å². The number of nitrogens with zero attached hydrogens (tertiary/aromatic N) is 3. The largest absolute Gasteiger partial charge is 0.369 e. The maximum atomic E-state index is 13.9. The van der Waals surface area contributed by atoms with E-state index >= 15 is 0 Å². The molecule has 1 saturated heterocycles. The lowest BCUT2D eigenvalue weighted by atomic mass is 9.88. The van der Waals surface area contributed by atoms with Crippen LogP contribution >= 0.6 is 0 Å². The number of carbonyl (C=O) groups is 1. The van der Waals surface area contributed by atoms with Crippen molar-refractivity contribution in [2.75, 3.05) is 38.6 Å². The minimum atomic E-state index is -0.148. The lowest BCUT2D eigenvalue weighted by Crippen LogP contribution is -2.42. The fourth-order valence-electron chi connectivity index (χ4n) is 7.63. The van der Waals surface area contributed by atoms with Crippen molar-refractivity contribution in [1.82, 2.24) is 20.1 Å². The maximum Gasteiger partial charge on any atom is 0.253 e. The molecule has 0 spiro atoms. The molecule has 3 aromatic rings. The Kier molecular flexibility index (Phi) is 11.4. The number of amides is 1. The van der Waals surface area contributed by atoms with Crippen molar-refractivity contribution in [3.05, 3.63) is 86.3 Å². The van der Waals surface area contributed by atoms with Crippen molar-refractivity contribution in [2.45, 2.75) is 104 Å². The van der Waals surface area contributed by atoms with Crippen LogP contribution < -0.4 is 15.8 Å². The van der Waals surface area contributed by atoms with Crippen LogP contribution in [0.2, 0.25) is 0 Å². The number of anilines is 1. The molecule has 2 N–H and O–H groups in total. The summed E-state index contributed by atoms with van der Waals surface area (Å²) in [6, 6.07) is 16.3. The van der Waals surface area contributed by atoms with Crippen LogP contribution in [0.25, 0.3) is 11.1 Å². The summed E-state index contributed by atoms with van der Waals surface area (Å²) >= 11 is 0. The second-order valence-corrected chi connectivity index (χ2v) is 13.9. The number of pyridine rings is 1. The predicted octanol–water partition coefficient (Wildman–Crippen LogP) is 6.97. The van der Waals surface area contributed by atoms with Gasteiger partial charge in [-0.25, -0.2) is 0 Å². The first-order valence-electron chi connectivity index (χ1n) is 17.5. The molecule has 1 aliphatic heterocycles. The quantitative estimate of drug-likeness (QED) is 0.255. The molecule has 0 radical (unpaired) electrons. The molecule has 2 fully saturated rings. The Morgan fingerprint density at radius 1 is 0.891 bits per heavy atom. The first kappa shape index (κ1) is 33.9. The molecular formula is C39H55N5O2. The fourth-order valence-corrected chi connectivity index (χ4v) is 7.63. The van der Waals surface area contributed by atoms with E-state index in [-0.39, 0.29) is 18.0 Å². The molecule has 2 heterocycles. The first-order valence-corrected chi connectivity index (χ1v) is 17.5. The Morgan fingerprint density at radius 2 is 1.54 bits per heavy atom. The van der Waals surface area contributed by atoms with Gasteiger partial charge in [0.15, 0.2) is 0 Å². The zero-order chi connectivity index (χ0) is 32.8. The number of aromatic nitrogens is 1. The average molecular weight is 626 g/mol. The standard InChI is InChI=1S/C39H55N5O2/c1-7-44(34-18-16-33(17-19-34)42(5)6)37-24-32(31-14-12-30(13-15-31)26-43-20-10-8-9-11-21-43)23-35(29(37)4)38(45)40-25-36-27(2)22-28(3)41-39(36)46/h12-15,22-24,33-34H,7-11,16-21,25-26H2,1-6H3,(H,40,45)(H,41,46). The summed E-state index contributed by atoms with van der Waals surface area (Å²) < 4.78 is 0. The van der Waals surface area contributed by atoms with E-state index in [9.17, 15) is 9.59 Å². The molecule has 7 heteroatoms. The lowest BCUT2D eigenvalue weighted by molar-refractivity contribution is 0.0950. The van der Waals surface area contributed by atoms with Gasteiger partial charge in [0.25, 0.3) is 11.5 Å². The van der Waals surface area contributed by atoms with Crippen molar-refractivity contribution in [1.29, 1.82) is 0 Å². The smallest absolute Gasteiger partial charge is 0.253 e. The zero-order valence-electron chi connectivity index (χ0n) is 29.0. The van der Waals surface area contributed by atoms with Gasteiger partial charge in [0, 0.05) is 54.2 Å². The molecule has 0 unspecified atom stereocenters. The highest BCUT2D eigenvalue weighted by Crippen LogP contribution is 2.36. The second-order valence-electron chi connectivity index (χ2n) is 13.9. The minimum Gasteiger partial charge on any atom is -0.369 e. The monoisotopic (exact) mass is 625 g/mol. The number of H-pyrrole nitrogens is 1. The van der Waals surface area contributed by atoms with Crippen molar-refractivity contribution in [2.24, 2.45) is 0 Å². The number of hydrogen-bond donors (Lipinski definition) is 2. The number of aromatic amines is 1. The molecule has 1 amide bonds. The Hall–Kier alpha value is -3.42. The van der Waals surface area contributed by atoms with Crippen LogP contribution in [-0.2, 0) is 13.1 Å². The Balaban J connectivity index is 1.45. The van der Waals surface area contributed by atoms with Crippen molar-refractivity contribution < 1.29 is 4.79 Å². The summed E-state index contributed by atoms with van der Waals surface area (Å²) in [7, 11) is 4.37. The Morgan fingerprint density at radius 3 is 2.15 bits per heavy atom. The second kappa shape index (κ2) is 15.4. The third-order valence-corrected chi connectivity index (χ3v) is 10.4. The molecule has 0 bridgehead atoms. The van der Waals surface area contributed by atoms with Crippen LogP contribution in [0.5, 0.6) is 0 Å². The van der Waals surface area contributed by atoms with Crippen molar-refractivity contribution in [3.8, 4) is 11.1 Å². The normalized spacial score (nSPS) is 19.2. The van der Waals surface area contributed by atoms with E-state index in [0.717, 1.165) is 59.6 Å². The Labute approximate surface area is 276 Å². The predicted molar refractivity (Wildman–Crippen MR) is 191 cm³/mol. The topological polar surface area (TPSA) is 71.7 Å². The third-order valence-electron chi connectivity index (χ3n) is 10.4. The zero-order valence-corrected chi connectivity index (χ0v) is 29.0.